The third-order valence-corrected chi connectivity index (χ3v) is 3.14. The minimum absolute atomic E-state index is 0.0636. The Bertz CT molecular complexity index is 823. The van der Waals surface area contributed by atoms with Crippen molar-refractivity contribution in [3.05, 3.63) is 59.7 Å². The van der Waals surface area contributed by atoms with E-state index in [-0.39, 0.29) is 32.5 Å². The first-order chi connectivity index (χ1) is 9.63. The van der Waals surface area contributed by atoms with E-state index in [1.54, 1.807) is 0 Å². The number of benzene rings is 2. The lowest BCUT2D eigenvalue weighted by molar-refractivity contribution is 0.112. The molecule has 0 bridgehead atoms. The number of fused-ring (bicyclic) bond motifs is 1. The molecule has 20 heavy (non-hydrogen) atoms. The summed E-state index contributed by atoms with van der Waals surface area (Å²) < 4.78 is 41.4. The number of halogens is 3. The van der Waals surface area contributed by atoms with E-state index < -0.39 is 11.6 Å². The Kier molecular flexibility index (Phi) is 2.82. The molecule has 0 saturated heterocycles. The van der Waals surface area contributed by atoms with Gasteiger partial charge in [0, 0.05) is 10.9 Å². The fraction of sp³-hybridized carbons (Fsp3) is 0. The molecular weight excluding hydrogens is 267 g/mol. The Morgan fingerprint density at radius 2 is 1.80 bits per heavy atom. The molecule has 0 amide bonds. The Hall–Kier alpha value is -2.56. The van der Waals surface area contributed by atoms with Crippen LogP contribution in [0.1, 0.15) is 10.4 Å². The van der Waals surface area contributed by atoms with Crippen LogP contribution in [0, 0.1) is 11.6 Å². The van der Waals surface area contributed by atoms with Crippen molar-refractivity contribution in [2.24, 2.45) is 0 Å². The normalized spacial score (nSPS) is 10.9. The average Bonchev–Trinajstić information content (AvgIpc) is 2.73. The molecule has 2 nitrogen and oxygen atoms in total. The fourth-order valence-electron chi connectivity index (χ4n) is 2.31. The van der Waals surface area contributed by atoms with Gasteiger partial charge in [0.25, 0.3) is 0 Å². The minimum Gasteiger partial charge on any atom is -0.298 e. The summed E-state index contributed by atoms with van der Waals surface area (Å²) in [5.41, 5.74) is -0.178. The molecule has 3 rings (SSSR count). The highest BCUT2D eigenvalue weighted by Gasteiger charge is 2.21. The molecule has 0 radical (unpaired) electrons. The van der Waals surface area contributed by atoms with Crippen molar-refractivity contribution in [3.63, 3.8) is 0 Å². The lowest BCUT2D eigenvalue weighted by Crippen LogP contribution is -1.90. The van der Waals surface area contributed by atoms with E-state index in [2.05, 4.69) is 0 Å². The number of aromatic nitrogens is 1. The highest BCUT2D eigenvalue weighted by atomic mass is 19.2. The fourth-order valence-corrected chi connectivity index (χ4v) is 2.31. The molecule has 0 aliphatic heterocycles. The van der Waals surface area contributed by atoms with Crippen molar-refractivity contribution in [2.45, 2.75) is 0 Å². The van der Waals surface area contributed by atoms with Crippen LogP contribution in [0.2, 0.25) is 0 Å². The highest BCUT2D eigenvalue weighted by Crippen LogP contribution is 2.34. The first-order valence-electron chi connectivity index (χ1n) is 5.83. The van der Waals surface area contributed by atoms with Crippen LogP contribution < -0.4 is 0 Å². The van der Waals surface area contributed by atoms with Gasteiger partial charge in [-0.3, -0.25) is 4.79 Å². The molecule has 0 fully saturated rings. The van der Waals surface area contributed by atoms with Gasteiger partial charge in [-0.15, -0.1) is 0 Å². The van der Waals surface area contributed by atoms with Crippen molar-refractivity contribution < 1.29 is 18.1 Å². The summed E-state index contributed by atoms with van der Waals surface area (Å²) in [6, 6.07) is 8.99. The molecule has 5 heteroatoms. The van der Waals surface area contributed by atoms with E-state index in [4.69, 9.17) is 0 Å². The quantitative estimate of drug-likeness (QED) is 0.644. The smallest absolute Gasteiger partial charge is 0.153 e. The number of hydrogen-bond acceptors (Lipinski definition) is 1. The molecule has 0 aliphatic rings. The van der Waals surface area contributed by atoms with Crippen molar-refractivity contribution >= 4 is 17.2 Å². The maximum Gasteiger partial charge on any atom is 0.153 e. The molecule has 0 N–H and O–H groups in total. The van der Waals surface area contributed by atoms with E-state index in [1.807, 2.05) is 0 Å². The zero-order chi connectivity index (χ0) is 14.3. The zero-order valence-corrected chi connectivity index (χ0v) is 10.1. The Morgan fingerprint density at radius 3 is 2.50 bits per heavy atom. The maximum atomic E-state index is 14.3. The Labute approximate surface area is 112 Å². The van der Waals surface area contributed by atoms with Gasteiger partial charge in [-0.25, -0.2) is 8.78 Å². The van der Waals surface area contributed by atoms with Gasteiger partial charge in [0.2, 0.25) is 0 Å². The highest BCUT2D eigenvalue weighted by molar-refractivity contribution is 6.05. The topological polar surface area (TPSA) is 22.0 Å². The molecule has 0 atom stereocenters. The van der Waals surface area contributed by atoms with Gasteiger partial charge in [-0.1, -0.05) is 22.7 Å². The second-order valence-corrected chi connectivity index (χ2v) is 4.31. The summed E-state index contributed by atoms with van der Waals surface area (Å²) in [6.45, 7) is 0. The largest absolute Gasteiger partial charge is 0.298 e. The number of carbonyl (C=O) groups is 1. The van der Waals surface area contributed by atoms with Crippen molar-refractivity contribution in [1.29, 1.82) is 0 Å². The molecule has 0 unspecified atom stereocenters. The average molecular weight is 275 g/mol. The van der Waals surface area contributed by atoms with E-state index in [0.29, 0.717) is 6.29 Å². The van der Waals surface area contributed by atoms with Crippen LogP contribution in [0.15, 0.2) is 42.5 Å². The summed E-state index contributed by atoms with van der Waals surface area (Å²) in [5.74, 6) is -1.26. The molecular formula is C15H8F3NO. The van der Waals surface area contributed by atoms with Gasteiger partial charge in [0.1, 0.15) is 11.6 Å². The number of nitrogens with zero attached hydrogens (tertiary/aromatic N) is 1. The SMILES string of the molecule is O=Cc1c(-c2cccc(F)c2)n(F)c2cccc(F)c12. The molecule has 0 spiro atoms. The third kappa shape index (κ3) is 1.71. The molecule has 2 aromatic carbocycles. The summed E-state index contributed by atoms with van der Waals surface area (Å²) in [7, 11) is 0. The van der Waals surface area contributed by atoms with Gasteiger partial charge in [0.05, 0.1) is 16.8 Å². The predicted octanol–water partition coefficient (Wildman–Crippen LogP) is 4.13. The Balaban J connectivity index is 2.44. The number of rotatable bonds is 2. The predicted molar refractivity (Wildman–Crippen MR) is 69.2 cm³/mol. The number of carbonyl (C=O) groups excluding carboxylic acids is 1. The van der Waals surface area contributed by atoms with Crippen LogP contribution in [0.4, 0.5) is 13.3 Å². The van der Waals surface area contributed by atoms with Crippen LogP contribution in [-0.2, 0) is 0 Å². The van der Waals surface area contributed by atoms with Crippen LogP contribution in [-0.4, -0.2) is 11.1 Å². The van der Waals surface area contributed by atoms with E-state index >= 15 is 0 Å². The van der Waals surface area contributed by atoms with Crippen molar-refractivity contribution in [3.8, 4) is 11.3 Å². The van der Waals surface area contributed by atoms with Crippen molar-refractivity contribution in [2.75, 3.05) is 0 Å². The Morgan fingerprint density at radius 1 is 1.05 bits per heavy atom. The lowest BCUT2D eigenvalue weighted by atomic mass is 10.1. The molecule has 0 saturated carbocycles. The number of aldehydes is 1. The van der Waals surface area contributed by atoms with Crippen LogP contribution in [0.25, 0.3) is 22.2 Å². The molecule has 3 aromatic rings. The molecule has 100 valence electrons. The van der Waals surface area contributed by atoms with E-state index in [9.17, 15) is 18.1 Å². The van der Waals surface area contributed by atoms with Crippen LogP contribution >= 0.6 is 0 Å². The van der Waals surface area contributed by atoms with Gasteiger partial charge in [-0.05, 0) is 24.3 Å². The standard InChI is InChI=1S/C15H8F3NO/c16-10-4-1-3-9(7-10)15-11(8-20)14-12(17)5-2-6-13(14)19(15)18/h1-8H. The van der Waals surface area contributed by atoms with Gasteiger partial charge >= 0.3 is 0 Å². The number of hydrogen-bond donors (Lipinski definition) is 0. The molecule has 0 aliphatic carbocycles. The first-order valence-corrected chi connectivity index (χ1v) is 5.83. The summed E-state index contributed by atoms with van der Waals surface area (Å²) in [4.78, 5) is 11.4. The van der Waals surface area contributed by atoms with E-state index in [1.165, 1.54) is 30.3 Å². The van der Waals surface area contributed by atoms with Crippen LogP contribution in [0.5, 0.6) is 0 Å². The van der Waals surface area contributed by atoms with Gasteiger partial charge in [-0.2, -0.15) is 4.79 Å². The zero-order valence-electron chi connectivity index (χ0n) is 10.1. The third-order valence-electron chi connectivity index (χ3n) is 3.14. The molecule has 1 heterocycles. The monoisotopic (exact) mass is 275 g/mol. The summed E-state index contributed by atoms with van der Waals surface area (Å²) in [6.07, 6.45) is 0.377. The first kappa shape index (κ1) is 12.5. The van der Waals surface area contributed by atoms with Crippen LogP contribution in [0.3, 0.4) is 0 Å². The lowest BCUT2D eigenvalue weighted by Gasteiger charge is -2.02. The van der Waals surface area contributed by atoms with Crippen molar-refractivity contribution in [1.82, 2.24) is 4.79 Å². The summed E-state index contributed by atoms with van der Waals surface area (Å²) >= 11 is 0. The van der Waals surface area contributed by atoms with Gasteiger partial charge < -0.3 is 0 Å². The second-order valence-electron chi connectivity index (χ2n) is 4.31. The summed E-state index contributed by atoms with van der Waals surface area (Å²) in [5, 5.41) is -0.107. The molecule has 1 aromatic heterocycles. The van der Waals surface area contributed by atoms with Gasteiger partial charge in [0.15, 0.2) is 6.29 Å². The maximum absolute atomic E-state index is 14.3. The second kappa shape index (κ2) is 4.52. The minimum atomic E-state index is -0.696. The van der Waals surface area contributed by atoms with E-state index in [0.717, 1.165) is 12.1 Å².